The molecule has 0 radical (unpaired) electrons. The molecule has 4 nitrogen and oxygen atoms in total. The molecule has 0 fully saturated rings. The molecule has 0 spiro atoms. The van der Waals surface area contributed by atoms with Crippen LogP contribution < -0.4 is 10.5 Å². The molecule has 4 heteroatoms. The fourth-order valence-corrected chi connectivity index (χ4v) is 2.13. The quantitative estimate of drug-likeness (QED) is 0.850. The Balaban J connectivity index is 2.50. The van der Waals surface area contributed by atoms with Crippen LogP contribution in [0.3, 0.4) is 0 Å². The minimum atomic E-state index is -0.432. The summed E-state index contributed by atoms with van der Waals surface area (Å²) in [6, 6.07) is 7.60. The number of hydrogen-bond donors (Lipinski definition) is 1. The maximum absolute atomic E-state index is 11.7. The molecule has 19 heavy (non-hydrogen) atoms. The van der Waals surface area contributed by atoms with Crippen molar-refractivity contribution in [2.24, 2.45) is 11.7 Å². The average Bonchev–Trinajstić information content (AvgIpc) is 2.38. The van der Waals surface area contributed by atoms with Crippen LogP contribution in [-0.4, -0.2) is 37.6 Å². The number of likely N-dealkylation sites (N-methyl/N-ethyl adjacent to an activating group) is 1. The predicted molar refractivity (Wildman–Crippen MR) is 77.1 cm³/mol. The van der Waals surface area contributed by atoms with Crippen LogP contribution in [0, 0.1) is 5.92 Å². The van der Waals surface area contributed by atoms with Gasteiger partial charge in [-0.25, -0.2) is 0 Å². The highest BCUT2D eigenvalue weighted by atomic mass is 16.5. The Labute approximate surface area is 115 Å². The molecular formula is C15H24N2O2. The zero-order valence-electron chi connectivity index (χ0n) is 12.2. The fourth-order valence-electron chi connectivity index (χ4n) is 2.13. The van der Waals surface area contributed by atoms with E-state index in [-0.39, 0.29) is 5.91 Å². The number of ether oxygens (including phenoxy) is 1. The molecule has 0 aliphatic carbocycles. The van der Waals surface area contributed by atoms with Crippen LogP contribution >= 0.6 is 0 Å². The van der Waals surface area contributed by atoms with Crippen molar-refractivity contribution in [3.05, 3.63) is 29.8 Å². The second-order valence-corrected chi connectivity index (χ2v) is 5.16. The van der Waals surface area contributed by atoms with Gasteiger partial charge in [-0.05, 0) is 37.0 Å². The molecule has 106 valence electrons. The average molecular weight is 264 g/mol. The lowest BCUT2D eigenvalue weighted by Crippen LogP contribution is -2.41. The molecule has 0 aromatic heterocycles. The minimum Gasteiger partial charge on any atom is -0.497 e. The number of benzene rings is 1. The van der Waals surface area contributed by atoms with E-state index in [0.717, 1.165) is 12.2 Å². The molecule has 2 atom stereocenters. The second-order valence-electron chi connectivity index (χ2n) is 5.16. The van der Waals surface area contributed by atoms with Crippen molar-refractivity contribution >= 4 is 5.91 Å². The third-order valence-electron chi connectivity index (χ3n) is 3.09. The lowest BCUT2D eigenvalue weighted by molar-refractivity contribution is -0.131. The highest BCUT2D eigenvalue weighted by Crippen LogP contribution is 2.15. The Morgan fingerprint density at radius 3 is 2.37 bits per heavy atom. The number of carbonyl (C=O) groups excluding carboxylic acids is 1. The fraction of sp³-hybridized carbons (Fsp3) is 0.533. The predicted octanol–water partition coefficient (Wildman–Crippen LogP) is 1.68. The smallest absolute Gasteiger partial charge is 0.238 e. The molecule has 0 saturated carbocycles. The highest BCUT2D eigenvalue weighted by molar-refractivity contribution is 5.80. The molecule has 2 N–H and O–H groups in total. The van der Waals surface area contributed by atoms with E-state index in [1.807, 2.05) is 12.1 Å². The molecule has 1 aromatic rings. The van der Waals surface area contributed by atoms with Gasteiger partial charge in [-0.15, -0.1) is 0 Å². The summed E-state index contributed by atoms with van der Waals surface area (Å²) in [5.41, 5.74) is 6.84. The Morgan fingerprint density at radius 2 is 1.89 bits per heavy atom. The van der Waals surface area contributed by atoms with E-state index in [4.69, 9.17) is 10.5 Å². The first kappa shape index (κ1) is 15.5. The van der Waals surface area contributed by atoms with Crippen LogP contribution in [0.25, 0.3) is 0 Å². The monoisotopic (exact) mass is 264 g/mol. The molecule has 0 saturated heterocycles. The van der Waals surface area contributed by atoms with E-state index < -0.39 is 6.04 Å². The normalized spacial score (nSPS) is 13.7. The summed E-state index contributed by atoms with van der Waals surface area (Å²) in [5, 5.41) is 0. The van der Waals surface area contributed by atoms with Gasteiger partial charge < -0.3 is 15.4 Å². The number of nitrogens with two attached hydrogens (primary N) is 1. The maximum atomic E-state index is 11.7. The van der Waals surface area contributed by atoms with Crippen molar-refractivity contribution in [3.8, 4) is 5.75 Å². The largest absolute Gasteiger partial charge is 0.497 e. The van der Waals surface area contributed by atoms with Gasteiger partial charge >= 0.3 is 0 Å². The first-order valence-corrected chi connectivity index (χ1v) is 6.57. The van der Waals surface area contributed by atoms with Gasteiger partial charge in [-0.1, -0.05) is 19.1 Å². The number of rotatable bonds is 6. The van der Waals surface area contributed by atoms with Crippen molar-refractivity contribution in [2.75, 3.05) is 20.7 Å². The molecule has 0 heterocycles. The Bertz CT molecular complexity index is 401. The third kappa shape index (κ3) is 4.91. The Kier molecular flexibility index (Phi) is 5.83. The molecule has 1 amide bonds. The van der Waals surface area contributed by atoms with E-state index >= 15 is 0 Å². The van der Waals surface area contributed by atoms with Gasteiger partial charge in [0, 0.05) is 13.6 Å². The van der Waals surface area contributed by atoms with Gasteiger partial charge in [-0.2, -0.15) is 0 Å². The molecule has 0 aliphatic heterocycles. The van der Waals surface area contributed by atoms with Crippen molar-refractivity contribution in [2.45, 2.75) is 26.3 Å². The molecule has 0 bridgehead atoms. The topological polar surface area (TPSA) is 55.6 Å². The molecular weight excluding hydrogens is 240 g/mol. The van der Waals surface area contributed by atoms with Crippen LogP contribution in [0.15, 0.2) is 24.3 Å². The number of nitrogens with zero attached hydrogens (tertiary/aromatic N) is 1. The standard InChI is InChI=1S/C15H24N2O2/c1-11(10-17(3)15(18)12(2)16)9-13-5-7-14(19-4)8-6-13/h5-8,11-12H,9-10,16H2,1-4H3/t11-,12-/m1/s1. The van der Waals surface area contributed by atoms with E-state index in [1.54, 1.807) is 26.0 Å². The number of carbonyl (C=O) groups is 1. The number of amides is 1. The van der Waals surface area contributed by atoms with E-state index in [9.17, 15) is 4.79 Å². The summed E-state index contributed by atoms with van der Waals surface area (Å²) < 4.78 is 5.13. The number of methoxy groups -OCH3 is 1. The summed E-state index contributed by atoms with van der Waals surface area (Å²) in [7, 11) is 3.46. The lowest BCUT2D eigenvalue weighted by Gasteiger charge is -2.23. The number of hydrogen-bond acceptors (Lipinski definition) is 3. The summed E-state index contributed by atoms with van der Waals surface area (Å²) in [4.78, 5) is 13.4. The van der Waals surface area contributed by atoms with Gasteiger partial charge in [0.1, 0.15) is 5.75 Å². The third-order valence-corrected chi connectivity index (χ3v) is 3.09. The Hall–Kier alpha value is -1.55. The SMILES string of the molecule is COc1ccc(C[C@@H](C)CN(C)C(=O)[C@@H](C)N)cc1. The van der Waals surface area contributed by atoms with Crippen molar-refractivity contribution < 1.29 is 9.53 Å². The molecule has 1 rings (SSSR count). The minimum absolute atomic E-state index is 0.0124. The van der Waals surface area contributed by atoms with Crippen LogP contribution in [0.2, 0.25) is 0 Å². The summed E-state index contributed by atoms with van der Waals surface area (Å²) >= 11 is 0. The summed E-state index contributed by atoms with van der Waals surface area (Å²) in [5.74, 6) is 1.24. The van der Waals surface area contributed by atoms with Crippen LogP contribution in [-0.2, 0) is 11.2 Å². The molecule has 0 unspecified atom stereocenters. The zero-order valence-corrected chi connectivity index (χ0v) is 12.2. The zero-order chi connectivity index (χ0) is 14.4. The highest BCUT2D eigenvalue weighted by Gasteiger charge is 2.15. The van der Waals surface area contributed by atoms with E-state index in [0.29, 0.717) is 12.5 Å². The van der Waals surface area contributed by atoms with Crippen molar-refractivity contribution in [3.63, 3.8) is 0 Å². The summed E-state index contributed by atoms with van der Waals surface area (Å²) in [6.07, 6.45) is 0.931. The second kappa shape index (κ2) is 7.14. The maximum Gasteiger partial charge on any atom is 0.238 e. The molecule has 1 aromatic carbocycles. The van der Waals surface area contributed by atoms with Gasteiger partial charge in [0.2, 0.25) is 5.91 Å². The van der Waals surface area contributed by atoms with Gasteiger partial charge in [0.25, 0.3) is 0 Å². The summed E-state index contributed by atoms with van der Waals surface area (Å²) in [6.45, 7) is 4.56. The van der Waals surface area contributed by atoms with Crippen LogP contribution in [0.5, 0.6) is 5.75 Å². The van der Waals surface area contributed by atoms with E-state index in [2.05, 4.69) is 19.1 Å². The van der Waals surface area contributed by atoms with Gasteiger partial charge in [0.05, 0.1) is 13.2 Å². The van der Waals surface area contributed by atoms with E-state index in [1.165, 1.54) is 5.56 Å². The Morgan fingerprint density at radius 1 is 1.32 bits per heavy atom. The molecule has 0 aliphatic rings. The van der Waals surface area contributed by atoms with Crippen molar-refractivity contribution in [1.29, 1.82) is 0 Å². The van der Waals surface area contributed by atoms with Gasteiger partial charge in [0.15, 0.2) is 0 Å². The van der Waals surface area contributed by atoms with Gasteiger partial charge in [-0.3, -0.25) is 4.79 Å². The van der Waals surface area contributed by atoms with Crippen LogP contribution in [0.1, 0.15) is 19.4 Å². The first-order valence-electron chi connectivity index (χ1n) is 6.57. The van der Waals surface area contributed by atoms with Crippen LogP contribution in [0.4, 0.5) is 0 Å². The van der Waals surface area contributed by atoms with Crippen molar-refractivity contribution in [1.82, 2.24) is 4.90 Å². The lowest BCUT2D eigenvalue weighted by atomic mass is 10.0. The first-order chi connectivity index (χ1) is 8.93.